The molecule has 0 aliphatic heterocycles. The number of hydrogen-bond donors (Lipinski definition) is 2. The highest BCUT2D eigenvalue weighted by atomic mass is 32.2. The van der Waals surface area contributed by atoms with Crippen molar-refractivity contribution in [2.24, 2.45) is 0 Å². The average molecular weight is 397 g/mol. The Balaban J connectivity index is 1.63. The normalized spacial score (nSPS) is 11.1. The molecule has 28 heavy (non-hydrogen) atoms. The van der Waals surface area contributed by atoms with Crippen LogP contribution in [0.4, 0.5) is 17.1 Å². The highest BCUT2D eigenvalue weighted by Crippen LogP contribution is 2.29. The number of methoxy groups -OCH3 is 1. The molecule has 3 rings (SSSR count). The maximum atomic E-state index is 12.3. The molecule has 6 heteroatoms. The van der Waals surface area contributed by atoms with E-state index in [0.717, 1.165) is 28.3 Å². The number of rotatable bonds is 8. The van der Waals surface area contributed by atoms with Crippen LogP contribution in [0.15, 0.2) is 72.8 Å². The molecule has 0 spiro atoms. The first-order valence-corrected chi connectivity index (χ1v) is 10.7. The summed E-state index contributed by atoms with van der Waals surface area (Å²) in [6.45, 7) is 2.01. The minimum Gasteiger partial charge on any atom is -0.495 e. The molecule has 0 bridgehead atoms. The van der Waals surface area contributed by atoms with Crippen LogP contribution in [0.3, 0.4) is 0 Å². The van der Waals surface area contributed by atoms with Gasteiger partial charge in [-0.25, -0.2) is 8.42 Å². The van der Waals surface area contributed by atoms with E-state index in [1.807, 2.05) is 67.6 Å². The van der Waals surface area contributed by atoms with E-state index in [1.54, 1.807) is 19.2 Å². The molecular formula is C22H24N2O3S. The molecule has 0 fully saturated rings. The first kappa shape index (κ1) is 19.8. The summed E-state index contributed by atoms with van der Waals surface area (Å²) in [5.41, 5.74) is 4.36. The molecule has 146 valence electrons. The maximum absolute atomic E-state index is 12.3. The fourth-order valence-electron chi connectivity index (χ4n) is 2.82. The van der Waals surface area contributed by atoms with Gasteiger partial charge in [0.25, 0.3) is 0 Å². The summed E-state index contributed by atoms with van der Waals surface area (Å²) in [6.07, 6.45) is 0.475. The largest absolute Gasteiger partial charge is 0.495 e. The predicted molar refractivity (Wildman–Crippen MR) is 115 cm³/mol. The molecule has 0 atom stereocenters. The van der Waals surface area contributed by atoms with Crippen LogP contribution in [0.1, 0.15) is 11.1 Å². The second kappa shape index (κ2) is 8.80. The zero-order chi connectivity index (χ0) is 20.0. The van der Waals surface area contributed by atoms with Crippen LogP contribution in [0.5, 0.6) is 5.75 Å². The van der Waals surface area contributed by atoms with Gasteiger partial charge in [0, 0.05) is 11.4 Å². The standard InChI is InChI=1S/C22H24N2O3S/c1-17-8-13-22(27-2)21(16-17)23-19-9-11-20(12-10-19)24-28(25,26)15-14-18-6-4-3-5-7-18/h3-13,16,23-24H,14-15H2,1-2H3. The molecule has 5 nitrogen and oxygen atoms in total. The van der Waals surface area contributed by atoms with Gasteiger partial charge in [-0.3, -0.25) is 4.72 Å². The van der Waals surface area contributed by atoms with E-state index < -0.39 is 10.0 Å². The number of ether oxygens (including phenoxy) is 1. The van der Waals surface area contributed by atoms with Gasteiger partial charge in [-0.15, -0.1) is 0 Å². The Kier molecular flexibility index (Phi) is 6.21. The highest BCUT2D eigenvalue weighted by molar-refractivity contribution is 7.92. The average Bonchev–Trinajstić information content (AvgIpc) is 2.69. The molecule has 0 radical (unpaired) electrons. The molecular weight excluding hydrogens is 372 g/mol. The minimum absolute atomic E-state index is 0.0392. The number of sulfonamides is 1. The maximum Gasteiger partial charge on any atom is 0.233 e. The van der Waals surface area contributed by atoms with Crippen molar-refractivity contribution in [1.82, 2.24) is 0 Å². The predicted octanol–water partition coefficient (Wildman–Crippen LogP) is 4.73. The van der Waals surface area contributed by atoms with Crippen LogP contribution >= 0.6 is 0 Å². The Hall–Kier alpha value is -2.99. The molecule has 0 saturated heterocycles. The monoisotopic (exact) mass is 396 g/mol. The Morgan fingerprint density at radius 2 is 1.57 bits per heavy atom. The lowest BCUT2D eigenvalue weighted by molar-refractivity contribution is 0.416. The number of hydrogen-bond acceptors (Lipinski definition) is 4. The quantitative estimate of drug-likeness (QED) is 0.578. The fraction of sp³-hybridized carbons (Fsp3) is 0.182. The van der Waals surface area contributed by atoms with Crippen molar-refractivity contribution in [1.29, 1.82) is 0 Å². The van der Waals surface area contributed by atoms with Crippen LogP contribution in [0, 0.1) is 6.92 Å². The van der Waals surface area contributed by atoms with Crippen molar-refractivity contribution < 1.29 is 13.2 Å². The summed E-state index contributed by atoms with van der Waals surface area (Å²) < 4.78 is 32.7. The molecule has 0 heterocycles. The summed E-state index contributed by atoms with van der Waals surface area (Å²) in [4.78, 5) is 0. The van der Waals surface area contributed by atoms with Gasteiger partial charge < -0.3 is 10.1 Å². The van der Waals surface area contributed by atoms with Crippen molar-refractivity contribution in [3.05, 3.63) is 83.9 Å². The van der Waals surface area contributed by atoms with E-state index in [0.29, 0.717) is 12.1 Å². The number of nitrogens with one attached hydrogen (secondary N) is 2. The van der Waals surface area contributed by atoms with Crippen molar-refractivity contribution in [3.8, 4) is 5.75 Å². The Morgan fingerprint density at radius 3 is 2.25 bits per heavy atom. The van der Waals surface area contributed by atoms with Crippen molar-refractivity contribution in [2.75, 3.05) is 22.9 Å². The second-order valence-corrected chi connectivity index (χ2v) is 8.40. The van der Waals surface area contributed by atoms with Gasteiger partial charge in [0.05, 0.1) is 18.6 Å². The third-order valence-corrected chi connectivity index (χ3v) is 5.58. The Bertz CT molecular complexity index is 1020. The van der Waals surface area contributed by atoms with Gasteiger partial charge >= 0.3 is 0 Å². The van der Waals surface area contributed by atoms with Gasteiger partial charge in [-0.05, 0) is 60.9 Å². The smallest absolute Gasteiger partial charge is 0.233 e. The summed E-state index contributed by atoms with van der Waals surface area (Å²) in [5, 5.41) is 3.30. The SMILES string of the molecule is COc1ccc(C)cc1Nc1ccc(NS(=O)(=O)CCc2ccccc2)cc1. The second-order valence-electron chi connectivity index (χ2n) is 6.56. The number of anilines is 3. The molecule has 2 N–H and O–H groups in total. The van der Waals surface area contributed by atoms with E-state index in [-0.39, 0.29) is 5.75 Å². The lowest BCUT2D eigenvalue weighted by Crippen LogP contribution is -2.18. The highest BCUT2D eigenvalue weighted by Gasteiger charge is 2.11. The van der Waals surface area contributed by atoms with Crippen LogP contribution in [0.2, 0.25) is 0 Å². The van der Waals surface area contributed by atoms with Crippen LogP contribution in [-0.4, -0.2) is 21.3 Å². The van der Waals surface area contributed by atoms with E-state index in [4.69, 9.17) is 4.74 Å². The van der Waals surface area contributed by atoms with Crippen LogP contribution < -0.4 is 14.8 Å². The zero-order valence-corrected chi connectivity index (χ0v) is 16.8. The lowest BCUT2D eigenvalue weighted by atomic mass is 10.2. The number of aryl methyl sites for hydroxylation is 2. The molecule has 3 aromatic carbocycles. The van der Waals surface area contributed by atoms with Gasteiger partial charge in [0.1, 0.15) is 5.75 Å². The molecule has 0 aromatic heterocycles. The van der Waals surface area contributed by atoms with E-state index in [2.05, 4.69) is 10.0 Å². The van der Waals surface area contributed by atoms with E-state index in [9.17, 15) is 8.42 Å². The third kappa shape index (κ3) is 5.50. The first-order chi connectivity index (χ1) is 13.4. The van der Waals surface area contributed by atoms with Crippen LogP contribution in [0.25, 0.3) is 0 Å². The van der Waals surface area contributed by atoms with E-state index >= 15 is 0 Å². The Labute approximate surface area is 166 Å². The van der Waals surface area contributed by atoms with Gasteiger partial charge in [0.2, 0.25) is 10.0 Å². The zero-order valence-electron chi connectivity index (χ0n) is 16.0. The first-order valence-electron chi connectivity index (χ1n) is 9.01. The van der Waals surface area contributed by atoms with Crippen molar-refractivity contribution >= 4 is 27.1 Å². The number of benzene rings is 3. The van der Waals surface area contributed by atoms with Gasteiger partial charge in [0.15, 0.2) is 0 Å². The molecule has 0 saturated carbocycles. The lowest BCUT2D eigenvalue weighted by Gasteiger charge is -2.13. The van der Waals surface area contributed by atoms with Crippen molar-refractivity contribution in [3.63, 3.8) is 0 Å². The summed E-state index contributed by atoms with van der Waals surface area (Å²) in [5.74, 6) is 0.786. The molecule has 0 amide bonds. The van der Waals surface area contributed by atoms with Crippen LogP contribution in [-0.2, 0) is 16.4 Å². The van der Waals surface area contributed by atoms with Gasteiger partial charge in [-0.2, -0.15) is 0 Å². The fourth-order valence-corrected chi connectivity index (χ4v) is 3.93. The molecule has 0 aliphatic carbocycles. The third-order valence-electron chi connectivity index (χ3n) is 4.29. The Morgan fingerprint density at radius 1 is 0.893 bits per heavy atom. The van der Waals surface area contributed by atoms with Crippen molar-refractivity contribution in [2.45, 2.75) is 13.3 Å². The summed E-state index contributed by atoms with van der Waals surface area (Å²) >= 11 is 0. The molecule has 3 aromatic rings. The topological polar surface area (TPSA) is 67.4 Å². The van der Waals surface area contributed by atoms with Gasteiger partial charge in [-0.1, -0.05) is 36.4 Å². The summed E-state index contributed by atoms with van der Waals surface area (Å²) in [6, 6.07) is 22.6. The van der Waals surface area contributed by atoms with E-state index in [1.165, 1.54) is 0 Å². The summed E-state index contributed by atoms with van der Waals surface area (Å²) in [7, 11) is -1.78. The minimum atomic E-state index is -3.41. The molecule has 0 unspecified atom stereocenters. The molecule has 0 aliphatic rings.